The monoisotopic (exact) mass is 367 g/mol. The molecule has 0 saturated carbocycles. The molecule has 2 amide bonds. The van der Waals surface area contributed by atoms with Crippen LogP contribution in [0, 0.1) is 6.92 Å². The first kappa shape index (κ1) is 19.2. The molecule has 0 aliphatic rings. The van der Waals surface area contributed by atoms with E-state index in [4.69, 9.17) is 0 Å². The number of carbonyl (C=O) groups excluding carboxylic acids is 2. The predicted molar refractivity (Wildman–Crippen MR) is 87.6 cm³/mol. The van der Waals surface area contributed by atoms with E-state index in [1.165, 1.54) is 37.3 Å². The predicted octanol–water partition coefficient (Wildman–Crippen LogP) is 3.18. The Morgan fingerprint density at radius 2 is 1.81 bits per heavy atom. The first-order valence-electron chi connectivity index (χ1n) is 7.51. The third-order valence-electron chi connectivity index (χ3n) is 3.13. The third kappa shape index (κ3) is 6.08. The van der Waals surface area contributed by atoms with Crippen molar-refractivity contribution < 1.29 is 27.5 Å². The number of nitrogens with zero attached hydrogens (tertiary/aromatic N) is 1. The van der Waals surface area contributed by atoms with E-state index in [0.717, 1.165) is 0 Å². The molecule has 0 aliphatic heterocycles. The number of carbonyl (C=O) groups is 2. The van der Waals surface area contributed by atoms with Gasteiger partial charge in [0.25, 0.3) is 5.91 Å². The minimum Gasteiger partial charge on any atom is -0.406 e. The molecule has 2 aromatic rings. The smallest absolute Gasteiger partial charge is 0.406 e. The molecule has 1 aromatic heterocycles. The largest absolute Gasteiger partial charge is 0.573 e. The Labute approximate surface area is 147 Å². The van der Waals surface area contributed by atoms with Gasteiger partial charge in [-0.3, -0.25) is 9.59 Å². The number of hydrogen-bond acceptors (Lipinski definition) is 4. The second-order valence-electron chi connectivity index (χ2n) is 5.44. The zero-order valence-electron chi connectivity index (χ0n) is 14.0. The summed E-state index contributed by atoms with van der Waals surface area (Å²) in [6, 6.07) is 8.16. The lowest BCUT2D eigenvalue weighted by Gasteiger charge is -2.10. The quantitative estimate of drug-likeness (QED) is 0.851. The number of alkyl halides is 3. The van der Waals surface area contributed by atoms with E-state index in [0.29, 0.717) is 16.8 Å². The highest BCUT2D eigenvalue weighted by Gasteiger charge is 2.30. The summed E-state index contributed by atoms with van der Waals surface area (Å²) >= 11 is 0. The number of ether oxygens (including phenoxy) is 1. The Kier molecular flexibility index (Phi) is 5.81. The van der Waals surface area contributed by atoms with E-state index in [1.807, 2.05) is 0 Å². The number of pyridine rings is 1. The average molecular weight is 367 g/mol. The summed E-state index contributed by atoms with van der Waals surface area (Å²) in [7, 11) is 0. The lowest BCUT2D eigenvalue weighted by Crippen LogP contribution is -2.23. The maximum atomic E-state index is 12.2. The number of rotatable bonds is 5. The second-order valence-corrected chi connectivity index (χ2v) is 5.44. The van der Waals surface area contributed by atoms with E-state index in [9.17, 15) is 22.8 Å². The zero-order valence-corrected chi connectivity index (χ0v) is 14.0. The second kappa shape index (κ2) is 7.85. The molecule has 2 N–H and O–H groups in total. The van der Waals surface area contributed by atoms with Crippen molar-refractivity contribution in [3.63, 3.8) is 0 Å². The van der Waals surface area contributed by atoms with E-state index in [1.54, 1.807) is 13.0 Å². The van der Waals surface area contributed by atoms with Gasteiger partial charge in [-0.2, -0.15) is 0 Å². The third-order valence-corrected chi connectivity index (χ3v) is 3.13. The van der Waals surface area contributed by atoms with Crippen molar-refractivity contribution in [2.45, 2.75) is 26.8 Å². The van der Waals surface area contributed by atoms with Crippen molar-refractivity contribution in [2.24, 2.45) is 0 Å². The highest BCUT2D eigenvalue weighted by molar-refractivity contribution is 5.96. The molecule has 138 valence electrons. The van der Waals surface area contributed by atoms with Crippen LogP contribution in [-0.2, 0) is 11.3 Å². The minimum atomic E-state index is -4.75. The molecular formula is C17H16F3N3O3. The molecule has 1 aromatic carbocycles. The van der Waals surface area contributed by atoms with Crippen LogP contribution in [0.15, 0.2) is 36.4 Å². The van der Waals surface area contributed by atoms with Gasteiger partial charge in [0.15, 0.2) is 0 Å². The van der Waals surface area contributed by atoms with Crippen LogP contribution >= 0.6 is 0 Å². The number of hydrogen-bond donors (Lipinski definition) is 2. The summed E-state index contributed by atoms with van der Waals surface area (Å²) < 4.78 is 40.1. The van der Waals surface area contributed by atoms with Gasteiger partial charge in [-0.15, -0.1) is 13.2 Å². The van der Waals surface area contributed by atoms with Gasteiger partial charge in [0.05, 0.1) is 0 Å². The molecule has 0 fully saturated rings. The normalized spacial score (nSPS) is 11.0. The number of nitrogens with one attached hydrogen (secondary N) is 2. The molecule has 0 unspecified atom stereocenters. The van der Waals surface area contributed by atoms with Crippen molar-refractivity contribution in [3.8, 4) is 5.75 Å². The van der Waals surface area contributed by atoms with Gasteiger partial charge >= 0.3 is 6.36 Å². The Morgan fingerprint density at radius 1 is 1.15 bits per heavy atom. The summed E-state index contributed by atoms with van der Waals surface area (Å²) in [4.78, 5) is 27.4. The fourth-order valence-electron chi connectivity index (χ4n) is 2.14. The number of anilines is 1. The molecule has 0 saturated heterocycles. The number of aryl methyl sites for hydroxylation is 1. The fourth-order valence-corrected chi connectivity index (χ4v) is 2.14. The van der Waals surface area contributed by atoms with E-state index < -0.39 is 12.3 Å². The summed E-state index contributed by atoms with van der Waals surface area (Å²) in [6.07, 6.45) is -4.75. The molecule has 0 atom stereocenters. The maximum absolute atomic E-state index is 12.2. The highest BCUT2D eigenvalue weighted by Crippen LogP contribution is 2.22. The topological polar surface area (TPSA) is 80.3 Å². The van der Waals surface area contributed by atoms with Crippen LogP contribution in [0.3, 0.4) is 0 Å². The van der Waals surface area contributed by atoms with Gasteiger partial charge in [0.1, 0.15) is 11.6 Å². The Morgan fingerprint density at radius 3 is 2.38 bits per heavy atom. The lowest BCUT2D eigenvalue weighted by atomic mass is 10.2. The van der Waals surface area contributed by atoms with Crippen molar-refractivity contribution in [2.75, 3.05) is 5.32 Å². The number of amides is 2. The first-order chi connectivity index (χ1) is 12.1. The van der Waals surface area contributed by atoms with Crippen LogP contribution in [0.2, 0.25) is 0 Å². The number of benzene rings is 1. The summed E-state index contributed by atoms with van der Waals surface area (Å²) in [5, 5.41) is 5.15. The first-order valence-corrected chi connectivity index (χ1v) is 7.51. The van der Waals surface area contributed by atoms with Crippen molar-refractivity contribution in [1.29, 1.82) is 0 Å². The van der Waals surface area contributed by atoms with Gasteiger partial charge in [0.2, 0.25) is 5.91 Å². The SMILES string of the molecule is CC(=O)Nc1cc(C(=O)NCc2ccc(OC(F)(F)F)cc2)cc(C)n1. The molecule has 0 aliphatic carbocycles. The van der Waals surface area contributed by atoms with Crippen LogP contribution in [0.1, 0.15) is 28.5 Å². The van der Waals surface area contributed by atoms with Crippen molar-refractivity contribution in [1.82, 2.24) is 10.3 Å². The molecule has 0 spiro atoms. The van der Waals surface area contributed by atoms with Gasteiger partial charge in [0, 0.05) is 24.7 Å². The standard InChI is InChI=1S/C17H16F3N3O3/c1-10-7-13(8-15(22-10)23-11(2)24)16(25)21-9-12-3-5-14(6-4-12)26-17(18,19)20/h3-8H,9H2,1-2H3,(H,21,25)(H,22,23,24). The van der Waals surface area contributed by atoms with Crippen molar-refractivity contribution >= 4 is 17.6 Å². The van der Waals surface area contributed by atoms with Crippen LogP contribution in [0.4, 0.5) is 19.0 Å². The average Bonchev–Trinajstić information content (AvgIpc) is 2.51. The molecule has 6 nitrogen and oxygen atoms in total. The van der Waals surface area contributed by atoms with Crippen molar-refractivity contribution in [3.05, 3.63) is 53.2 Å². The van der Waals surface area contributed by atoms with Gasteiger partial charge in [-0.05, 0) is 36.8 Å². The molecule has 1 heterocycles. The fraction of sp³-hybridized carbons (Fsp3) is 0.235. The van der Waals surface area contributed by atoms with E-state index in [2.05, 4.69) is 20.4 Å². The molecule has 26 heavy (non-hydrogen) atoms. The molecule has 9 heteroatoms. The zero-order chi connectivity index (χ0) is 19.3. The van der Waals surface area contributed by atoms with Crippen LogP contribution in [-0.4, -0.2) is 23.2 Å². The van der Waals surface area contributed by atoms with Crippen LogP contribution in [0.25, 0.3) is 0 Å². The number of aromatic nitrogens is 1. The van der Waals surface area contributed by atoms with Gasteiger partial charge < -0.3 is 15.4 Å². The molecular weight excluding hydrogens is 351 g/mol. The number of halogens is 3. The maximum Gasteiger partial charge on any atom is 0.573 e. The van der Waals surface area contributed by atoms with Gasteiger partial charge in [-0.1, -0.05) is 12.1 Å². The summed E-state index contributed by atoms with van der Waals surface area (Å²) in [5.74, 6) is -0.790. The molecule has 2 rings (SSSR count). The Balaban J connectivity index is 2.00. The molecule has 0 bridgehead atoms. The van der Waals surface area contributed by atoms with Gasteiger partial charge in [-0.25, -0.2) is 4.98 Å². The highest BCUT2D eigenvalue weighted by atomic mass is 19.4. The van der Waals surface area contributed by atoms with Crippen LogP contribution < -0.4 is 15.4 Å². The minimum absolute atomic E-state index is 0.113. The lowest BCUT2D eigenvalue weighted by molar-refractivity contribution is -0.274. The summed E-state index contributed by atoms with van der Waals surface area (Å²) in [6.45, 7) is 3.12. The Bertz CT molecular complexity index is 805. The Hall–Kier alpha value is -3.10. The van der Waals surface area contributed by atoms with E-state index >= 15 is 0 Å². The van der Waals surface area contributed by atoms with Crippen LogP contribution in [0.5, 0.6) is 5.75 Å². The molecule has 0 radical (unpaired) electrons. The summed E-state index contributed by atoms with van der Waals surface area (Å²) in [5.41, 5.74) is 1.45. The van der Waals surface area contributed by atoms with E-state index in [-0.39, 0.29) is 24.0 Å².